The van der Waals surface area contributed by atoms with Gasteiger partial charge in [-0.3, -0.25) is 0 Å². The Morgan fingerprint density at radius 2 is 1.78 bits per heavy atom. The lowest BCUT2D eigenvalue weighted by Gasteiger charge is -2.22. The van der Waals surface area contributed by atoms with Crippen molar-refractivity contribution in [3.05, 3.63) is 35.4 Å². The first kappa shape index (κ1) is 15.0. The van der Waals surface area contributed by atoms with Crippen molar-refractivity contribution < 1.29 is 13.2 Å². The van der Waals surface area contributed by atoms with E-state index < -0.39 is 11.7 Å². The lowest BCUT2D eigenvalue weighted by molar-refractivity contribution is -0.137. The van der Waals surface area contributed by atoms with Gasteiger partial charge < -0.3 is 11.1 Å². The summed E-state index contributed by atoms with van der Waals surface area (Å²) in [5.41, 5.74) is 5.80. The van der Waals surface area contributed by atoms with Crippen molar-refractivity contribution in [2.75, 3.05) is 6.54 Å². The first-order chi connectivity index (χ1) is 8.38. The fourth-order valence-electron chi connectivity index (χ4n) is 1.67. The summed E-state index contributed by atoms with van der Waals surface area (Å²) in [6, 6.07) is 5.32. The first-order valence-corrected chi connectivity index (χ1v) is 6.01. The molecule has 3 N–H and O–H groups in total. The molecule has 102 valence electrons. The normalized spacial score (nSPS) is 15.4. The highest BCUT2D eigenvalue weighted by Gasteiger charge is 2.30. The summed E-state index contributed by atoms with van der Waals surface area (Å²) in [4.78, 5) is 0. The SMILES string of the molecule is CCC(C)NC(CN)c1ccc(C(F)(F)F)cc1. The minimum Gasteiger partial charge on any atom is -0.329 e. The number of nitrogens with two attached hydrogens (primary N) is 1. The predicted octanol–water partition coefficient (Wildman–Crippen LogP) is 3.09. The molecule has 1 aromatic carbocycles. The average molecular weight is 260 g/mol. The maximum absolute atomic E-state index is 12.4. The van der Waals surface area contributed by atoms with Gasteiger partial charge in [0.15, 0.2) is 0 Å². The Kier molecular flexibility index (Phi) is 5.16. The third kappa shape index (κ3) is 3.99. The lowest BCUT2D eigenvalue weighted by Crippen LogP contribution is -2.34. The van der Waals surface area contributed by atoms with Crippen molar-refractivity contribution >= 4 is 0 Å². The zero-order valence-corrected chi connectivity index (χ0v) is 10.6. The van der Waals surface area contributed by atoms with Crippen molar-refractivity contribution in [2.24, 2.45) is 5.73 Å². The van der Waals surface area contributed by atoms with Gasteiger partial charge in [-0.05, 0) is 31.0 Å². The molecule has 18 heavy (non-hydrogen) atoms. The van der Waals surface area contributed by atoms with Gasteiger partial charge in [0.25, 0.3) is 0 Å². The molecule has 0 saturated carbocycles. The fraction of sp³-hybridized carbons (Fsp3) is 0.538. The zero-order valence-electron chi connectivity index (χ0n) is 10.6. The molecule has 1 aromatic rings. The van der Waals surface area contributed by atoms with E-state index in [1.807, 2.05) is 13.8 Å². The van der Waals surface area contributed by atoms with Crippen molar-refractivity contribution in [1.29, 1.82) is 0 Å². The van der Waals surface area contributed by atoms with E-state index in [2.05, 4.69) is 5.32 Å². The summed E-state index contributed by atoms with van der Waals surface area (Å²) in [6.07, 6.45) is -3.35. The molecule has 2 nitrogen and oxygen atoms in total. The van der Waals surface area contributed by atoms with Gasteiger partial charge in [-0.1, -0.05) is 19.1 Å². The highest BCUT2D eigenvalue weighted by atomic mass is 19.4. The molecule has 0 heterocycles. The fourth-order valence-corrected chi connectivity index (χ4v) is 1.67. The van der Waals surface area contributed by atoms with Crippen molar-refractivity contribution in [3.63, 3.8) is 0 Å². The van der Waals surface area contributed by atoms with Crippen LogP contribution in [0, 0.1) is 0 Å². The summed E-state index contributed by atoms with van der Waals surface area (Å²) >= 11 is 0. The molecule has 1 rings (SSSR count). The van der Waals surface area contributed by atoms with Gasteiger partial charge in [-0.2, -0.15) is 13.2 Å². The molecule has 2 atom stereocenters. The molecule has 0 radical (unpaired) electrons. The summed E-state index contributed by atoms with van der Waals surface area (Å²) in [5.74, 6) is 0. The van der Waals surface area contributed by atoms with Crippen LogP contribution in [0.5, 0.6) is 0 Å². The van der Waals surface area contributed by atoms with Crippen molar-refractivity contribution in [2.45, 2.75) is 38.5 Å². The number of rotatable bonds is 5. The Morgan fingerprint density at radius 1 is 1.22 bits per heavy atom. The average Bonchev–Trinajstić information content (AvgIpc) is 2.34. The van der Waals surface area contributed by atoms with Gasteiger partial charge in [0.1, 0.15) is 0 Å². The Morgan fingerprint density at radius 3 is 2.17 bits per heavy atom. The molecule has 0 saturated heterocycles. The molecule has 0 fully saturated rings. The first-order valence-electron chi connectivity index (χ1n) is 6.01. The van der Waals surface area contributed by atoms with Gasteiger partial charge in [-0.15, -0.1) is 0 Å². The number of nitrogens with one attached hydrogen (secondary N) is 1. The second kappa shape index (κ2) is 6.20. The molecule has 0 aromatic heterocycles. The van der Waals surface area contributed by atoms with Crippen LogP contribution in [0.3, 0.4) is 0 Å². The molecular formula is C13H19F3N2. The van der Waals surface area contributed by atoms with Crippen molar-refractivity contribution in [3.8, 4) is 0 Å². The summed E-state index contributed by atoms with van der Waals surface area (Å²) in [6.45, 7) is 4.42. The quantitative estimate of drug-likeness (QED) is 0.853. The van der Waals surface area contributed by atoms with E-state index in [-0.39, 0.29) is 12.1 Å². The molecule has 0 aliphatic rings. The highest BCUT2D eigenvalue weighted by molar-refractivity contribution is 5.27. The van der Waals surface area contributed by atoms with Crippen LogP contribution in [0.15, 0.2) is 24.3 Å². The molecule has 0 aliphatic heterocycles. The topological polar surface area (TPSA) is 38.0 Å². The van der Waals surface area contributed by atoms with Crippen molar-refractivity contribution in [1.82, 2.24) is 5.32 Å². The van der Waals surface area contributed by atoms with Crippen LogP contribution in [0.25, 0.3) is 0 Å². The van der Waals surface area contributed by atoms with Crippen LogP contribution in [-0.2, 0) is 6.18 Å². The van der Waals surface area contributed by atoms with Gasteiger partial charge in [-0.25, -0.2) is 0 Å². The maximum atomic E-state index is 12.4. The van der Waals surface area contributed by atoms with E-state index in [0.29, 0.717) is 6.54 Å². The second-order valence-electron chi connectivity index (χ2n) is 4.38. The molecular weight excluding hydrogens is 241 g/mol. The monoisotopic (exact) mass is 260 g/mol. The minimum atomic E-state index is -4.29. The lowest BCUT2D eigenvalue weighted by atomic mass is 10.0. The largest absolute Gasteiger partial charge is 0.416 e. The van der Waals surface area contributed by atoms with Crippen LogP contribution in [0.1, 0.15) is 37.4 Å². The zero-order chi connectivity index (χ0) is 13.8. The molecule has 0 amide bonds. The third-order valence-corrected chi connectivity index (χ3v) is 2.97. The Bertz CT molecular complexity index is 359. The van der Waals surface area contributed by atoms with Gasteiger partial charge >= 0.3 is 6.18 Å². The summed E-state index contributed by atoms with van der Waals surface area (Å²) in [5, 5.41) is 3.28. The molecule has 0 bridgehead atoms. The van der Waals surface area contributed by atoms with Crippen LogP contribution in [0.4, 0.5) is 13.2 Å². The smallest absolute Gasteiger partial charge is 0.329 e. The number of hydrogen-bond acceptors (Lipinski definition) is 2. The number of hydrogen-bond donors (Lipinski definition) is 2. The number of halogens is 3. The van der Waals surface area contributed by atoms with Gasteiger partial charge in [0.05, 0.1) is 5.56 Å². The number of alkyl halides is 3. The van der Waals surface area contributed by atoms with E-state index in [1.165, 1.54) is 12.1 Å². The second-order valence-corrected chi connectivity index (χ2v) is 4.38. The maximum Gasteiger partial charge on any atom is 0.416 e. The Hall–Kier alpha value is -1.07. The standard InChI is InChI=1S/C13H19F3N2/c1-3-9(2)18-12(8-17)10-4-6-11(7-5-10)13(14,15)16/h4-7,9,12,18H,3,8,17H2,1-2H3. The molecule has 2 unspecified atom stereocenters. The van der Waals surface area contributed by atoms with E-state index in [4.69, 9.17) is 5.73 Å². The van der Waals surface area contributed by atoms with E-state index >= 15 is 0 Å². The van der Waals surface area contributed by atoms with Crippen LogP contribution >= 0.6 is 0 Å². The van der Waals surface area contributed by atoms with E-state index in [1.54, 1.807) is 0 Å². The third-order valence-electron chi connectivity index (χ3n) is 2.97. The summed E-state index contributed by atoms with van der Waals surface area (Å²) in [7, 11) is 0. The van der Waals surface area contributed by atoms with E-state index in [9.17, 15) is 13.2 Å². The summed E-state index contributed by atoms with van der Waals surface area (Å²) < 4.78 is 37.3. The Labute approximate surface area is 105 Å². The highest BCUT2D eigenvalue weighted by Crippen LogP contribution is 2.29. The van der Waals surface area contributed by atoms with Gasteiger partial charge in [0.2, 0.25) is 0 Å². The van der Waals surface area contributed by atoms with Crippen LogP contribution in [-0.4, -0.2) is 12.6 Å². The Balaban J connectivity index is 2.82. The van der Waals surface area contributed by atoms with E-state index in [0.717, 1.165) is 24.1 Å². The van der Waals surface area contributed by atoms with Crippen LogP contribution in [0.2, 0.25) is 0 Å². The number of benzene rings is 1. The van der Waals surface area contributed by atoms with Gasteiger partial charge in [0, 0.05) is 18.6 Å². The predicted molar refractivity (Wildman–Crippen MR) is 66.1 cm³/mol. The molecule has 0 spiro atoms. The van der Waals surface area contributed by atoms with Crippen LogP contribution < -0.4 is 11.1 Å². The minimum absolute atomic E-state index is 0.109. The molecule has 5 heteroatoms. The molecule has 0 aliphatic carbocycles.